The molecule has 1 atom stereocenters. The molecule has 2 aromatic rings. The first-order chi connectivity index (χ1) is 11.3. The third kappa shape index (κ3) is 4.50. The second kappa shape index (κ2) is 8.01. The number of hydrogen-bond acceptors (Lipinski definition) is 3. The van der Waals surface area contributed by atoms with E-state index in [4.69, 9.17) is 16.3 Å². The molecule has 130 valence electrons. The van der Waals surface area contributed by atoms with Gasteiger partial charge in [-0.2, -0.15) is 0 Å². The Labute approximate surface area is 148 Å². The summed E-state index contributed by atoms with van der Waals surface area (Å²) in [6, 6.07) is 12.1. The Balaban J connectivity index is 2.36. The monoisotopic (exact) mass is 367 g/mol. The maximum atomic E-state index is 12.8. The zero-order chi connectivity index (χ0) is 17.7. The van der Waals surface area contributed by atoms with Crippen LogP contribution in [0.4, 0.5) is 0 Å². The largest absolute Gasteiger partial charge is 0.492 e. The Bertz CT molecular complexity index is 791. The molecule has 1 N–H and O–H groups in total. The quantitative estimate of drug-likeness (QED) is 0.785. The predicted molar refractivity (Wildman–Crippen MR) is 97.2 cm³/mol. The van der Waals surface area contributed by atoms with Crippen LogP contribution in [0.15, 0.2) is 47.4 Å². The fraction of sp³-hybridized carbons (Fsp3) is 0.333. The molecule has 0 spiro atoms. The second-order valence-corrected chi connectivity index (χ2v) is 7.74. The first-order valence-electron chi connectivity index (χ1n) is 7.85. The molecule has 4 nitrogen and oxygen atoms in total. The zero-order valence-corrected chi connectivity index (χ0v) is 15.6. The second-order valence-electron chi connectivity index (χ2n) is 5.65. The molecule has 6 heteroatoms. The number of aryl methyl sites for hydroxylation is 1. The molecule has 0 saturated heterocycles. The smallest absolute Gasteiger partial charge is 0.244 e. The minimum absolute atomic E-state index is 0.0642. The molecule has 1 unspecified atom stereocenters. The van der Waals surface area contributed by atoms with Gasteiger partial charge in [-0.3, -0.25) is 0 Å². The first-order valence-corrected chi connectivity index (χ1v) is 9.71. The summed E-state index contributed by atoms with van der Waals surface area (Å²) in [7, 11) is -3.77. The third-order valence-electron chi connectivity index (χ3n) is 3.61. The maximum absolute atomic E-state index is 12.8. The van der Waals surface area contributed by atoms with Gasteiger partial charge < -0.3 is 4.74 Å². The fourth-order valence-electron chi connectivity index (χ4n) is 2.28. The molecule has 0 amide bonds. The predicted octanol–water partition coefficient (Wildman–Crippen LogP) is 4.48. The van der Waals surface area contributed by atoms with Gasteiger partial charge in [-0.25, -0.2) is 13.1 Å². The van der Waals surface area contributed by atoms with E-state index in [1.54, 1.807) is 13.0 Å². The lowest BCUT2D eigenvalue weighted by Crippen LogP contribution is -2.27. The molecular formula is C18H22ClNO3S. The molecule has 0 aliphatic carbocycles. The van der Waals surface area contributed by atoms with Gasteiger partial charge in [0.25, 0.3) is 0 Å². The minimum Gasteiger partial charge on any atom is -0.492 e. The maximum Gasteiger partial charge on any atom is 0.244 e. The Kier molecular flexibility index (Phi) is 6.27. The molecule has 0 heterocycles. The van der Waals surface area contributed by atoms with E-state index in [0.29, 0.717) is 17.4 Å². The van der Waals surface area contributed by atoms with E-state index >= 15 is 0 Å². The average Bonchev–Trinajstić information content (AvgIpc) is 2.55. The Morgan fingerprint density at radius 3 is 2.50 bits per heavy atom. The van der Waals surface area contributed by atoms with Crippen LogP contribution in [0, 0.1) is 6.92 Å². The molecule has 2 rings (SSSR count). The summed E-state index contributed by atoms with van der Waals surface area (Å²) in [6.45, 7) is 6.03. The van der Waals surface area contributed by atoms with E-state index in [2.05, 4.69) is 4.72 Å². The summed E-state index contributed by atoms with van der Waals surface area (Å²) in [5.74, 6) is 0.325. The van der Waals surface area contributed by atoms with Crippen molar-refractivity contribution in [2.75, 3.05) is 6.61 Å². The van der Waals surface area contributed by atoms with Crippen molar-refractivity contribution in [3.8, 4) is 5.75 Å². The normalized spacial score (nSPS) is 12.8. The first kappa shape index (κ1) is 18.8. The van der Waals surface area contributed by atoms with Crippen molar-refractivity contribution in [1.82, 2.24) is 4.72 Å². The molecule has 2 aromatic carbocycles. The highest BCUT2D eigenvalue weighted by molar-refractivity contribution is 7.89. The van der Waals surface area contributed by atoms with Gasteiger partial charge in [-0.05, 0) is 43.5 Å². The van der Waals surface area contributed by atoms with Crippen LogP contribution in [-0.2, 0) is 10.0 Å². The van der Waals surface area contributed by atoms with Crippen molar-refractivity contribution in [3.63, 3.8) is 0 Å². The van der Waals surface area contributed by atoms with Crippen LogP contribution >= 0.6 is 11.6 Å². The summed E-state index contributed by atoms with van der Waals surface area (Å²) in [4.78, 5) is 0.0642. The lowest BCUT2D eigenvalue weighted by molar-refractivity contribution is 0.309. The van der Waals surface area contributed by atoms with Gasteiger partial charge in [0.2, 0.25) is 10.0 Å². The van der Waals surface area contributed by atoms with Gasteiger partial charge in [-0.1, -0.05) is 48.9 Å². The third-order valence-corrected chi connectivity index (χ3v) is 5.58. The molecular weight excluding hydrogens is 346 g/mol. The summed E-state index contributed by atoms with van der Waals surface area (Å²) >= 11 is 6.13. The molecule has 0 aliphatic heterocycles. The van der Waals surface area contributed by atoms with Crippen molar-refractivity contribution >= 4 is 21.6 Å². The lowest BCUT2D eigenvalue weighted by Gasteiger charge is -2.18. The Morgan fingerprint density at radius 1 is 1.21 bits per heavy atom. The van der Waals surface area contributed by atoms with Gasteiger partial charge in [0.05, 0.1) is 6.61 Å². The van der Waals surface area contributed by atoms with Crippen LogP contribution in [-0.4, -0.2) is 15.0 Å². The van der Waals surface area contributed by atoms with Crippen LogP contribution in [0.2, 0.25) is 5.02 Å². The molecule has 0 aromatic heterocycles. The van der Waals surface area contributed by atoms with Gasteiger partial charge >= 0.3 is 0 Å². The van der Waals surface area contributed by atoms with E-state index in [1.165, 1.54) is 6.07 Å². The van der Waals surface area contributed by atoms with Gasteiger partial charge in [0.15, 0.2) is 0 Å². The summed E-state index contributed by atoms with van der Waals surface area (Å²) in [6.07, 6.45) is 0.787. The standard InChI is InChI=1S/C18H22ClNO3S/c1-4-10-23-17-11-13(2)16(19)12-18(17)24(21,22)20-14(3)15-8-6-5-7-9-15/h5-9,11-12,14,20H,4,10H2,1-3H3. The van der Waals surface area contributed by atoms with E-state index in [9.17, 15) is 8.42 Å². The minimum atomic E-state index is -3.77. The molecule has 0 fully saturated rings. The number of benzene rings is 2. The van der Waals surface area contributed by atoms with Crippen LogP contribution < -0.4 is 9.46 Å². The molecule has 0 bridgehead atoms. The molecule has 0 radical (unpaired) electrons. The Hall–Kier alpha value is -1.56. The van der Waals surface area contributed by atoms with E-state index in [-0.39, 0.29) is 10.9 Å². The molecule has 0 saturated carbocycles. The van der Waals surface area contributed by atoms with E-state index in [0.717, 1.165) is 17.5 Å². The van der Waals surface area contributed by atoms with Gasteiger partial charge in [0, 0.05) is 11.1 Å². The van der Waals surface area contributed by atoms with Crippen LogP contribution in [0.3, 0.4) is 0 Å². The van der Waals surface area contributed by atoms with E-state index in [1.807, 2.05) is 44.2 Å². The van der Waals surface area contributed by atoms with Crippen molar-refractivity contribution in [1.29, 1.82) is 0 Å². The van der Waals surface area contributed by atoms with Crippen LogP contribution in [0.25, 0.3) is 0 Å². The molecule has 24 heavy (non-hydrogen) atoms. The average molecular weight is 368 g/mol. The van der Waals surface area contributed by atoms with Gasteiger partial charge in [-0.15, -0.1) is 0 Å². The number of rotatable bonds is 7. The number of halogens is 1. The fourth-order valence-corrected chi connectivity index (χ4v) is 3.89. The van der Waals surface area contributed by atoms with E-state index < -0.39 is 10.0 Å². The van der Waals surface area contributed by atoms with Crippen molar-refractivity contribution in [2.24, 2.45) is 0 Å². The van der Waals surface area contributed by atoms with Crippen LogP contribution in [0.5, 0.6) is 5.75 Å². The topological polar surface area (TPSA) is 55.4 Å². The highest BCUT2D eigenvalue weighted by Gasteiger charge is 2.24. The highest BCUT2D eigenvalue weighted by atomic mass is 35.5. The van der Waals surface area contributed by atoms with Crippen molar-refractivity contribution < 1.29 is 13.2 Å². The SMILES string of the molecule is CCCOc1cc(C)c(Cl)cc1S(=O)(=O)NC(C)c1ccccc1. The highest BCUT2D eigenvalue weighted by Crippen LogP contribution is 2.31. The number of ether oxygens (including phenoxy) is 1. The summed E-state index contributed by atoms with van der Waals surface area (Å²) < 4.78 is 33.9. The number of hydrogen-bond donors (Lipinski definition) is 1. The van der Waals surface area contributed by atoms with Crippen molar-refractivity contribution in [2.45, 2.75) is 38.1 Å². The molecule has 0 aliphatic rings. The lowest BCUT2D eigenvalue weighted by atomic mass is 10.1. The summed E-state index contributed by atoms with van der Waals surface area (Å²) in [5.41, 5.74) is 1.66. The summed E-state index contributed by atoms with van der Waals surface area (Å²) in [5, 5.41) is 0.395. The number of sulfonamides is 1. The van der Waals surface area contributed by atoms with Crippen molar-refractivity contribution in [3.05, 3.63) is 58.6 Å². The zero-order valence-electron chi connectivity index (χ0n) is 14.0. The number of nitrogens with one attached hydrogen (secondary N) is 1. The van der Waals surface area contributed by atoms with Gasteiger partial charge in [0.1, 0.15) is 10.6 Å². The van der Waals surface area contributed by atoms with Crippen LogP contribution in [0.1, 0.15) is 37.4 Å². The Morgan fingerprint density at radius 2 is 1.88 bits per heavy atom.